The standard InChI is InChI=1S/C24H27N3O2/c28-27(29)19-13-14-22-21(15-19)20-7-4-8-23(24(20)26-22)25-18-11-9-17(10-12-18)16-5-2-1-3-6-16/h1-3,5-6,13-15,17-18,23,25-26H,4,7-12H2/p+1/t17?,18?,23-/m0/s1. The highest BCUT2D eigenvalue weighted by atomic mass is 16.6. The molecular weight excluding hydrogens is 362 g/mol. The summed E-state index contributed by atoms with van der Waals surface area (Å²) in [5, 5.41) is 14.8. The third-order valence-corrected chi connectivity index (χ3v) is 6.99. The SMILES string of the molecule is O=[N+]([O-])c1ccc2[nH]c3c(c2c1)CCC[C@@H]3[NH2+]C1CCC(c2ccccc2)CC1. The van der Waals surface area contributed by atoms with Crippen LogP contribution in [0.4, 0.5) is 5.69 Å². The van der Waals surface area contributed by atoms with Crippen LogP contribution in [0.2, 0.25) is 0 Å². The Morgan fingerprint density at radius 2 is 1.79 bits per heavy atom. The number of fused-ring (bicyclic) bond motifs is 3. The molecule has 0 saturated heterocycles. The first-order valence-corrected chi connectivity index (χ1v) is 10.9. The number of nitrogens with one attached hydrogen (secondary N) is 1. The average molecular weight is 391 g/mol. The van der Waals surface area contributed by atoms with Crippen molar-refractivity contribution in [2.45, 2.75) is 62.9 Å². The lowest BCUT2D eigenvalue weighted by atomic mass is 9.81. The van der Waals surface area contributed by atoms with E-state index in [4.69, 9.17) is 0 Å². The van der Waals surface area contributed by atoms with Gasteiger partial charge in [-0.05, 0) is 61.6 Å². The molecule has 0 bridgehead atoms. The summed E-state index contributed by atoms with van der Waals surface area (Å²) in [6, 6.07) is 17.3. The average Bonchev–Trinajstić information content (AvgIpc) is 3.14. The minimum Gasteiger partial charge on any atom is -0.353 e. The normalized spacial score (nSPS) is 24.3. The van der Waals surface area contributed by atoms with Crippen LogP contribution in [0, 0.1) is 10.1 Å². The summed E-state index contributed by atoms with van der Waals surface area (Å²) < 4.78 is 0. The van der Waals surface area contributed by atoms with Gasteiger partial charge in [0, 0.05) is 29.5 Å². The second kappa shape index (κ2) is 7.64. The van der Waals surface area contributed by atoms with Gasteiger partial charge in [-0.25, -0.2) is 0 Å². The van der Waals surface area contributed by atoms with Crippen LogP contribution in [0.25, 0.3) is 10.9 Å². The van der Waals surface area contributed by atoms with Crippen LogP contribution in [0.15, 0.2) is 48.5 Å². The molecule has 0 spiro atoms. The fourth-order valence-electron chi connectivity index (χ4n) is 5.49. The molecule has 29 heavy (non-hydrogen) atoms. The van der Waals surface area contributed by atoms with Gasteiger partial charge in [-0.2, -0.15) is 0 Å². The number of H-pyrrole nitrogens is 1. The van der Waals surface area contributed by atoms with Gasteiger partial charge in [-0.3, -0.25) is 10.1 Å². The van der Waals surface area contributed by atoms with Gasteiger partial charge in [-0.15, -0.1) is 0 Å². The van der Waals surface area contributed by atoms with Crippen molar-refractivity contribution >= 4 is 16.6 Å². The Bertz CT molecular complexity index is 1020. The topological polar surface area (TPSA) is 75.5 Å². The summed E-state index contributed by atoms with van der Waals surface area (Å²) in [6.07, 6.45) is 8.41. The van der Waals surface area contributed by atoms with Crippen molar-refractivity contribution in [2.75, 3.05) is 0 Å². The lowest BCUT2D eigenvalue weighted by molar-refractivity contribution is -0.732. The lowest BCUT2D eigenvalue weighted by Gasteiger charge is -2.31. The monoisotopic (exact) mass is 390 g/mol. The Morgan fingerprint density at radius 3 is 2.55 bits per heavy atom. The van der Waals surface area contributed by atoms with E-state index in [0.29, 0.717) is 18.0 Å². The summed E-state index contributed by atoms with van der Waals surface area (Å²) in [5.74, 6) is 0.705. The minimum atomic E-state index is -0.295. The van der Waals surface area contributed by atoms with Crippen LogP contribution in [-0.2, 0) is 6.42 Å². The molecule has 0 amide bonds. The molecular formula is C24H28N3O2+. The number of quaternary nitrogens is 1. The molecule has 2 aromatic carbocycles. The van der Waals surface area contributed by atoms with Crippen molar-refractivity contribution in [2.24, 2.45) is 0 Å². The number of nitrogens with zero attached hydrogens (tertiary/aromatic N) is 1. The Labute approximate surface area is 170 Å². The maximum Gasteiger partial charge on any atom is 0.270 e. The number of hydrogen-bond acceptors (Lipinski definition) is 2. The first-order chi connectivity index (χ1) is 14.2. The molecule has 2 aliphatic carbocycles. The number of nitro benzene ring substituents is 1. The van der Waals surface area contributed by atoms with Gasteiger partial charge >= 0.3 is 0 Å². The van der Waals surface area contributed by atoms with E-state index in [2.05, 4.69) is 40.6 Å². The van der Waals surface area contributed by atoms with Crippen molar-refractivity contribution in [3.8, 4) is 0 Å². The van der Waals surface area contributed by atoms with E-state index in [-0.39, 0.29) is 10.6 Å². The molecule has 5 rings (SSSR count). The minimum absolute atomic E-state index is 0.185. The first kappa shape index (κ1) is 18.4. The third-order valence-electron chi connectivity index (χ3n) is 6.99. The van der Waals surface area contributed by atoms with Crippen molar-refractivity contribution in [3.63, 3.8) is 0 Å². The number of nitro groups is 1. The Morgan fingerprint density at radius 1 is 1.00 bits per heavy atom. The quantitative estimate of drug-likeness (QED) is 0.498. The first-order valence-electron chi connectivity index (χ1n) is 10.9. The third kappa shape index (κ3) is 3.55. The molecule has 2 aliphatic rings. The highest BCUT2D eigenvalue weighted by molar-refractivity contribution is 5.87. The molecule has 1 atom stereocenters. The molecule has 5 nitrogen and oxygen atoms in total. The maximum absolute atomic E-state index is 11.2. The second-order valence-corrected chi connectivity index (χ2v) is 8.72. The summed E-state index contributed by atoms with van der Waals surface area (Å²) in [7, 11) is 0. The van der Waals surface area contributed by atoms with E-state index >= 15 is 0 Å². The predicted octanol–water partition coefficient (Wildman–Crippen LogP) is 4.74. The largest absolute Gasteiger partial charge is 0.353 e. The number of aromatic amines is 1. The van der Waals surface area contributed by atoms with Gasteiger partial charge in [-0.1, -0.05) is 30.3 Å². The van der Waals surface area contributed by atoms with E-state index in [9.17, 15) is 10.1 Å². The summed E-state index contributed by atoms with van der Waals surface area (Å²) in [5.41, 5.74) is 5.31. The number of nitrogens with two attached hydrogens (primary N) is 1. The number of rotatable bonds is 4. The molecule has 0 unspecified atom stereocenters. The zero-order valence-corrected chi connectivity index (χ0v) is 16.6. The van der Waals surface area contributed by atoms with Crippen molar-refractivity contribution in [1.82, 2.24) is 4.98 Å². The molecule has 0 aliphatic heterocycles. The molecule has 1 saturated carbocycles. The highest BCUT2D eigenvalue weighted by Crippen LogP contribution is 2.36. The van der Waals surface area contributed by atoms with Gasteiger partial charge in [0.15, 0.2) is 0 Å². The van der Waals surface area contributed by atoms with Gasteiger partial charge < -0.3 is 10.3 Å². The highest BCUT2D eigenvalue weighted by Gasteiger charge is 2.32. The molecule has 5 heteroatoms. The van der Waals surface area contributed by atoms with Crippen LogP contribution in [0.3, 0.4) is 0 Å². The van der Waals surface area contributed by atoms with E-state index in [1.54, 1.807) is 12.1 Å². The lowest BCUT2D eigenvalue weighted by Crippen LogP contribution is -2.91. The zero-order valence-electron chi connectivity index (χ0n) is 16.6. The fourth-order valence-corrected chi connectivity index (χ4v) is 5.49. The summed E-state index contributed by atoms with van der Waals surface area (Å²) >= 11 is 0. The Kier molecular flexibility index (Phi) is 4.84. The van der Waals surface area contributed by atoms with Gasteiger partial charge in [0.05, 0.1) is 16.7 Å². The number of benzene rings is 2. The zero-order chi connectivity index (χ0) is 19.8. The van der Waals surface area contributed by atoms with Gasteiger partial charge in [0.2, 0.25) is 0 Å². The van der Waals surface area contributed by atoms with Gasteiger partial charge in [0.1, 0.15) is 6.04 Å². The predicted molar refractivity (Wildman–Crippen MR) is 114 cm³/mol. The summed E-state index contributed by atoms with van der Waals surface area (Å²) in [6.45, 7) is 0. The Hall–Kier alpha value is -2.66. The van der Waals surface area contributed by atoms with Crippen LogP contribution >= 0.6 is 0 Å². The van der Waals surface area contributed by atoms with Crippen LogP contribution < -0.4 is 5.32 Å². The van der Waals surface area contributed by atoms with E-state index in [1.165, 1.54) is 48.9 Å². The molecule has 3 aromatic rings. The number of hydrogen-bond donors (Lipinski definition) is 2. The summed E-state index contributed by atoms with van der Waals surface area (Å²) in [4.78, 5) is 14.5. The van der Waals surface area contributed by atoms with Crippen LogP contribution in [0.5, 0.6) is 0 Å². The number of non-ortho nitro benzene ring substituents is 1. The molecule has 150 valence electrons. The van der Waals surface area contributed by atoms with Crippen molar-refractivity contribution in [3.05, 3.63) is 75.5 Å². The molecule has 1 heterocycles. The fraction of sp³-hybridized carbons (Fsp3) is 0.417. The Balaban J connectivity index is 1.31. The van der Waals surface area contributed by atoms with Crippen LogP contribution in [-0.4, -0.2) is 15.9 Å². The van der Waals surface area contributed by atoms with E-state index in [0.717, 1.165) is 23.7 Å². The van der Waals surface area contributed by atoms with Crippen molar-refractivity contribution in [1.29, 1.82) is 0 Å². The molecule has 1 fully saturated rings. The van der Waals surface area contributed by atoms with E-state index in [1.807, 2.05) is 6.07 Å². The van der Waals surface area contributed by atoms with Crippen molar-refractivity contribution < 1.29 is 10.2 Å². The second-order valence-electron chi connectivity index (χ2n) is 8.72. The maximum atomic E-state index is 11.2. The van der Waals surface area contributed by atoms with Crippen LogP contribution in [0.1, 0.15) is 67.3 Å². The van der Waals surface area contributed by atoms with Gasteiger partial charge in [0.25, 0.3) is 5.69 Å². The van der Waals surface area contributed by atoms with E-state index < -0.39 is 0 Å². The smallest absolute Gasteiger partial charge is 0.270 e. The molecule has 0 radical (unpaired) electrons. The molecule has 1 aromatic heterocycles. The number of aryl methyl sites for hydroxylation is 1. The number of aromatic nitrogens is 1. The molecule has 3 N–H and O–H groups in total.